The number of nitrogens with one attached hydrogen (secondary N) is 1. The van der Waals surface area contributed by atoms with Gasteiger partial charge in [0.2, 0.25) is 0 Å². The van der Waals surface area contributed by atoms with Crippen molar-refractivity contribution in [2.45, 2.75) is 0 Å². The lowest BCUT2D eigenvalue weighted by Gasteiger charge is -2.03. The highest BCUT2D eigenvalue weighted by Crippen LogP contribution is 2.19. The number of allylic oxidation sites excluding steroid dienone is 1. The molecule has 0 bridgehead atoms. The monoisotopic (exact) mass is 261 g/mol. The van der Waals surface area contributed by atoms with Crippen LogP contribution in [0.15, 0.2) is 71.5 Å². The quantitative estimate of drug-likeness (QED) is 0.869. The van der Waals surface area contributed by atoms with Crippen LogP contribution in [-0.2, 0) is 0 Å². The van der Waals surface area contributed by atoms with E-state index in [1.54, 1.807) is 0 Å². The molecule has 0 aromatic heterocycles. The third-order valence-electron chi connectivity index (χ3n) is 3.10. The molecule has 0 unspecified atom stereocenters. The molecule has 0 saturated carbocycles. The highest BCUT2D eigenvalue weighted by molar-refractivity contribution is 6.13. The summed E-state index contributed by atoms with van der Waals surface area (Å²) >= 11 is 0. The van der Waals surface area contributed by atoms with Crippen molar-refractivity contribution in [1.29, 1.82) is 0 Å². The van der Waals surface area contributed by atoms with Crippen LogP contribution in [0, 0.1) is 0 Å². The fraction of sp³-hybridized carbons (Fsp3) is 0. The molecule has 1 aliphatic rings. The van der Waals surface area contributed by atoms with Gasteiger partial charge in [0.1, 0.15) is 5.71 Å². The van der Waals surface area contributed by atoms with E-state index in [0.29, 0.717) is 5.70 Å². The van der Waals surface area contributed by atoms with Gasteiger partial charge < -0.3 is 5.73 Å². The number of hydrogen-bond acceptors (Lipinski definition) is 3. The van der Waals surface area contributed by atoms with Gasteiger partial charge in [0.25, 0.3) is 0 Å². The number of nitrogens with two attached hydrogens (primary N) is 1. The fourth-order valence-corrected chi connectivity index (χ4v) is 2.03. The lowest BCUT2D eigenvalue weighted by atomic mass is 10.1. The van der Waals surface area contributed by atoms with Crippen molar-refractivity contribution in [3.05, 3.63) is 77.5 Å². The lowest BCUT2D eigenvalue weighted by molar-refractivity contribution is 1.32. The second-order valence-corrected chi connectivity index (χ2v) is 4.54. The lowest BCUT2D eigenvalue weighted by Crippen LogP contribution is -2.10. The molecule has 2 aromatic rings. The summed E-state index contributed by atoms with van der Waals surface area (Å²) in [5.41, 5.74) is 13.7. The Morgan fingerprint density at radius 1 is 0.950 bits per heavy atom. The van der Waals surface area contributed by atoms with Crippen LogP contribution in [-0.4, -0.2) is 5.71 Å². The summed E-state index contributed by atoms with van der Waals surface area (Å²) < 4.78 is 0. The highest BCUT2D eigenvalue weighted by Gasteiger charge is 2.06. The molecule has 0 radical (unpaired) electrons. The van der Waals surface area contributed by atoms with Crippen molar-refractivity contribution in [2.24, 2.45) is 10.8 Å². The van der Waals surface area contributed by atoms with Crippen molar-refractivity contribution in [3.8, 4) is 0 Å². The number of nitrogens with zero attached hydrogens (tertiary/aromatic N) is 1. The zero-order valence-electron chi connectivity index (χ0n) is 11.0. The summed E-state index contributed by atoms with van der Waals surface area (Å²) in [5, 5.41) is 4.35. The van der Waals surface area contributed by atoms with Gasteiger partial charge in [0.05, 0.1) is 11.4 Å². The minimum atomic E-state index is 0.632. The van der Waals surface area contributed by atoms with Gasteiger partial charge in [-0.15, -0.1) is 0 Å². The minimum Gasteiger partial charge on any atom is -0.397 e. The molecule has 98 valence electrons. The van der Waals surface area contributed by atoms with Crippen LogP contribution in [0.3, 0.4) is 0 Å². The number of fused-ring (bicyclic) bond motifs is 1. The molecule has 1 aliphatic heterocycles. The number of hydrogen-bond donors (Lipinski definition) is 2. The van der Waals surface area contributed by atoms with Gasteiger partial charge >= 0.3 is 0 Å². The van der Waals surface area contributed by atoms with Crippen LogP contribution in [0.25, 0.3) is 12.2 Å². The molecule has 1 heterocycles. The number of benzene rings is 2. The molecule has 20 heavy (non-hydrogen) atoms. The molecule has 3 nitrogen and oxygen atoms in total. The zero-order valence-corrected chi connectivity index (χ0v) is 11.0. The summed E-state index contributed by atoms with van der Waals surface area (Å²) in [6.45, 7) is 0. The third kappa shape index (κ3) is 2.62. The van der Waals surface area contributed by atoms with E-state index in [2.05, 4.69) is 10.5 Å². The Hall–Kier alpha value is -2.81. The van der Waals surface area contributed by atoms with Gasteiger partial charge in [-0.1, -0.05) is 54.6 Å². The van der Waals surface area contributed by atoms with Crippen molar-refractivity contribution in [3.63, 3.8) is 0 Å². The number of hydrazone groups is 1. The molecule has 3 heteroatoms. The maximum atomic E-state index is 6.12. The Balaban J connectivity index is 1.89. The van der Waals surface area contributed by atoms with E-state index in [9.17, 15) is 0 Å². The molecule has 0 amide bonds. The van der Waals surface area contributed by atoms with Crippen LogP contribution < -0.4 is 11.2 Å². The Labute approximate surface area is 118 Å². The molecule has 0 atom stereocenters. The molecule has 3 rings (SSSR count). The Morgan fingerprint density at radius 3 is 2.55 bits per heavy atom. The Morgan fingerprint density at radius 2 is 1.70 bits per heavy atom. The van der Waals surface area contributed by atoms with Gasteiger partial charge in [0, 0.05) is 0 Å². The second-order valence-electron chi connectivity index (χ2n) is 4.54. The standard InChI is InChI=1S/C17H15N3/c18-15(12-13-6-2-1-3-7-13)17-11-10-14-8-4-5-9-16(14)19-20-17/h1-12,19H,18H2. The van der Waals surface area contributed by atoms with E-state index in [-0.39, 0.29) is 0 Å². The highest BCUT2D eigenvalue weighted by atomic mass is 15.3. The van der Waals surface area contributed by atoms with Crippen molar-refractivity contribution >= 4 is 23.6 Å². The molecule has 2 aromatic carbocycles. The van der Waals surface area contributed by atoms with E-state index in [4.69, 9.17) is 5.73 Å². The molecule has 0 saturated heterocycles. The van der Waals surface area contributed by atoms with Gasteiger partial charge in [-0.05, 0) is 29.3 Å². The average molecular weight is 261 g/mol. The van der Waals surface area contributed by atoms with E-state index in [0.717, 1.165) is 22.5 Å². The molecular formula is C17H15N3. The summed E-state index contributed by atoms with van der Waals surface area (Å²) in [6.07, 6.45) is 5.86. The maximum absolute atomic E-state index is 6.12. The fourth-order valence-electron chi connectivity index (χ4n) is 2.03. The summed E-state index contributed by atoms with van der Waals surface area (Å²) in [5.74, 6) is 0. The molecular weight excluding hydrogens is 246 g/mol. The van der Waals surface area contributed by atoms with Crippen LogP contribution in [0.4, 0.5) is 5.69 Å². The first-order valence-corrected chi connectivity index (χ1v) is 6.46. The van der Waals surface area contributed by atoms with Crippen LogP contribution >= 0.6 is 0 Å². The predicted octanol–water partition coefficient (Wildman–Crippen LogP) is 3.48. The van der Waals surface area contributed by atoms with Crippen molar-refractivity contribution in [2.75, 3.05) is 5.43 Å². The van der Waals surface area contributed by atoms with Crippen molar-refractivity contribution in [1.82, 2.24) is 0 Å². The van der Waals surface area contributed by atoms with Crippen LogP contribution in [0.1, 0.15) is 11.1 Å². The third-order valence-corrected chi connectivity index (χ3v) is 3.10. The first kappa shape index (κ1) is 12.2. The van der Waals surface area contributed by atoms with E-state index >= 15 is 0 Å². The minimum absolute atomic E-state index is 0.632. The van der Waals surface area contributed by atoms with Gasteiger partial charge in [-0.2, -0.15) is 5.10 Å². The largest absolute Gasteiger partial charge is 0.397 e. The van der Waals surface area contributed by atoms with Gasteiger partial charge in [0.15, 0.2) is 0 Å². The topological polar surface area (TPSA) is 50.4 Å². The Kier molecular flexibility index (Phi) is 3.33. The summed E-state index contributed by atoms with van der Waals surface area (Å²) in [7, 11) is 0. The van der Waals surface area contributed by atoms with E-state index < -0.39 is 0 Å². The molecule has 0 aliphatic carbocycles. The van der Waals surface area contributed by atoms with Gasteiger partial charge in [-0.3, -0.25) is 5.43 Å². The number of para-hydroxylation sites is 1. The SMILES string of the molecule is NC(=Cc1ccccc1)C1=NNc2ccccc2C=C1. The molecule has 0 spiro atoms. The second kappa shape index (κ2) is 5.45. The van der Waals surface area contributed by atoms with E-state index in [1.807, 2.05) is 72.8 Å². The van der Waals surface area contributed by atoms with Crippen molar-refractivity contribution < 1.29 is 0 Å². The summed E-state index contributed by atoms with van der Waals surface area (Å²) in [4.78, 5) is 0. The van der Waals surface area contributed by atoms with Crippen LogP contribution in [0.2, 0.25) is 0 Å². The van der Waals surface area contributed by atoms with E-state index in [1.165, 1.54) is 0 Å². The zero-order chi connectivity index (χ0) is 13.8. The smallest absolute Gasteiger partial charge is 0.106 e. The molecule has 0 fully saturated rings. The summed E-state index contributed by atoms with van der Waals surface area (Å²) in [6, 6.07) is 18.0. The predicted molar refractivity (Wildman–Crippen MR) is 85.1 cm³/mol. The van der Waals surface area contributed by atoms with Gasteiger partial charge in [-0.25, -0.2) is 0 Å². The Bertz CT molecular complexity index is 697. The normalized spacial score (nSPS) is 14.0. The number of anilines is 1. The first-order valence-electron chi connectivity index (χ1n) is 6.46. The molecule has 3 N–H and O–H groups in total. The van der Waals surface area contributed by atoms with Crippen LogP contribution in [0.5, 0.6) is 0 Å². The maximum Gasteiger partial charge on any atom is 0.106 e. The number of rotatable bonds is 2. The average Bonchev–Trinajstić information content (AvgIpc) is 2.71. The first-order chi connectivity index (χ1) is 9.83.